The minimum absolute atomic E-state index is 0.00148. The lowest BCUT2D eigenvalue weighted by Crippen LogP contribution is -2.36. The smallest absolute Gasteiger partial charge is 0.335 e. The maximum atomic E-state index is 15.2. The van der Waals surface area contributed by atoms with Crippen LogP contribution in [0.1, 0.15) is 78.9 Å². The van der Waals surface area contributed by atoms with Gasteiger partial charge in [-0.3, -0.25) is 0 Å². The van der Waals surface area contributed by atoms with Crippen LogP contribution in [0.15, 0.2) is 70.0 Å². The van der Waals surface area contributed by atoms with E-state index >= 15 is 4.39 Å². The van der Waals surface area contributed by atoms with Crippen LogP contribution in [0.5, 0.6) is 5.88 Å². The lowest BCUT2D eigenvalue weighted by Gasteiger charge is -2.22. The number of aromatic nitrogens is 3. The van der Waals surface area contributed by atoms with E-state index in [4.69, 9.17) is 9.15 Å². The zero-order chi connectivity index (χ0) is 36.1. The number of aromatic carboxylic acids is 1. The Morgan fingerprint density at radius 1 is 1.00 bits per heavy atom. The summed E-state index contributed by atoms with van der Waals surface area (Å²) >= 11 is 0. The zero-order valence-corrected chi connectivity index (χ0v) is 29.7. The maximum absolute atomic E-state index is 15.2. The molecule has 0 bridgehead atoms. The first kappa shape index (κ1) is 34.6. The van der Waals surface area contributed by atoms with E-state index in [1.807, 2.05) is 38.1 Å². The molecule has 51 heavy (non-hydrogen) atoms. The van der Waals surface area contributed by atoms with Crippen LogP contribution in [0, 0.1) is 25.1 Å². The van der Waals surface area contributed by atoms with Gasteiger partial charge in [0.15, 0.2) is 5.58 Å². The summed E-state index contributed by atoms with van der Waals surface area (Å²) in [6.07, 6.45) is 4.98. The first-order chi connectivity index (χ1) is 24.2. The molecule has 2 aliphatic carbocycles. The number of nitrogens with one attached hydrogen (secondary N) is 2. The van der Waals surface area contributed by atoms with Gasteiger partial charge in [-0.2, -0.15) is 4.98 Å². The average Bonchev–Trinajstić information content (AvgIpc) is 3.97. The standard InChI is InChI=1S/C38H40FN5O6S/c1-22-7-5-8-23(2)34(22)29-18-33(43-36(42-29)44-51(47,48)26-10-6-9-24(15-26)35(45)46)49-21-25(19-37(3)11-12-37)40-20-30-27(39)16-31-28(41-30)17-32(50-31)38(4)13-14-38/h5-10,15-18,25,40H,11-14,19-21H2,1-4H3,(H,45,46)(H,42,43,44)/t25-/m1/s1. The Labute approximate surface area is 295 Å². The van der Waals surface area contributed by atoms with Gasteiger partial charge in [-0.1, -0.05) is 38.1 Å². The number of hydrogen-bond acceptors (Lipinski definition) is 9. The molecule has 0 saturated heterocycles. The van der Waals surface area contributed by atoms with Gasteiger partial charge in [-0.25, -0.2) is 32.3 Å². The summed E-state index contributed by atoms with van der Waals surface area (Å²) < 4.78 is 56.7. The van der Waals surface area contributed by atoms with Crippen molar-refractivity contribution >= 4 is 33.0 Å². The molecule has 0 aliphatic heterocycles. The van der Waals surface area contributed by atoms with Crippen molar-refractivity contribution in [2.45, 2.75) is 82.7 Å². The third-order valence-corrected chi connectivity index (χ3v) is 11.3. The van der Waals surface area contributed by atoms with Crippen molar-refractivity contribution in [2.24, 2.45) is 5.41 Å². The number of benzene rings is 2. The van der Waals surface area contributed by atoms with Crippen LogP contribution in [0.2, 0.25) is 0 Å². The molecule has 0 amide bonds. The van der Waals surface area contributed by atoms with Crippen LogP contribution in [-0.4, -0.2) is 47.1 Å². The van der Waals surface area contributed by atoms with Gasteiger partial charge >= 0.3 is 5.97 Å². The number of carbonyl (C=O) groups is 1. The van der Waals surface area contributed by atoms with Crippen LogP contribution in [0.25, 0.3) is 22.4 Å². The normalized spacial score (nSPS) is 16.5. The van der Waals surface area contributed by atoms with Crippen molar-refractivity contribution in [3.05, 3.63) is 94.6 Å². The van der Waals surface area contributed by atoms with Gasteiger partial charge in [0.2, 0.25) is 11.8 Å². The van der Waals surface area contributed by atoms with E-state index in [1.165, 1.54) is 24.3 Å². The minimum Gasteiger partial charge on any atom is -0.478 e. The van der Waals surface area contributed by atoms with Gasteiger partial charge in [0.25, 0.3) is 10.0 Å². The minimum atomic E-state index is -4.27. The highest BCUT2D eigenvalue weighted by atomic mass is 32.2. The largest absolute Gasteiger partial charge is 0.478 e. The Morgan fingerprint density at radius 2 is 1.73 bits per heavy atom. The number of carboxylic acids is 1. The lowest BCUT2D eigenvalue weighted by atomic mass is 9.99. The van der Waals surface area contributed by atoms with E-state index in [-0.39, 0.29) is 58.0 Å². The number of anilines is 1. The highest BCUT2D eigenvalue weighted by Crippen LogP contribution is 2.49. The van der Waals surface area contributed by atoms with Crippen LogP contribution >= 0.6 is 0 Å². The number of pyridine rings is 1. The van der Waals surface area contributed by atoms with Crippen molar-refractivity contribution in [3.8, 4) is 17.1 Å². The monoisotopic (exact) mass is 713 g/mol. The number of halogens is 1. The predicted molar refractivity (Wildman–Crippen MR) is 190 cm³/mol. The highest BCUT2D eigenvalue weighted by Gasteiger charge is 2.42. The second kappa shape index (κ2) is 13.0. The average molecular weight is 714 g/mol. The molecule has 13 heteroatoms. The highest BCUT2D eigenvalue weighted by molar-refractivity contribution is 7.92. The molecule has 0 spiro atoms. The fourth-order valence-electron chi connectivity index (χ4n) is 6.33. The number of rotatable bonds is 14. The Morgan fingerprint density at radius 3 is 2.41 bits per heavy atom. The molecule has 266 valence electrons. The van der Waals surface area contributed by atoms with Crippen molar-refractivity contribution in [1.82, 2.24) is 20.3 Å². The SMILES string of the molecule is Cc1cccc(C)c1-c1cc(OC[C@@H](CC2(C)CC2)NCc2nc3cc(C4(C)CC4)oc3cc2F)nc(NS(=O)(=O)c2cccc(C(=O)O)c2)n1. The van der Waals surface area contributed by atoms with Gasteiger partial charge in [-0.05, 0) is 80.7 Å². The first-order valence-corrected chi connectivity index (χ1v) is 18.5. The maximum Gasteiger partial charge on any atom is 0.335 e. The Balaban J connectivity index is 1.15. The van der Waals surface area contributed by atoms with E-state index in [0.717, 1.165) is 60.6 Å². The van der Waals surface area contributed by atoms with Crippen molar-refractivity contribution in [2.75, 3.05) is 11.3 Å². The molecular formula is C38H40FN5O6S. The third-order valence-electron chi connectivity index (χ3n) is 10.0. The number of aryl methyl sites for hydroxylation is 2. The number of fused-ring (bicyclic) bond motifs is 1. The summed E-state index contributed by atoms with van der Waals surface area (Å²) in [5.41, 5.74) is 4.39. The molecular weight excluding hydrogens is 674 g/mol. The fraction of sp³-hybridized carbons (Fsp3) is 0.368. The van der Waals surface area contributed by atoms with Gasteiger partial charge in [0.05, 0.1) is 21.8 Å². The third kappa shape index (κ3) is 7.59. The molecule has 2 saturated carbocycles. The van der Waals surface area contributed by atoms with Gasteiger partial charge < -0.3 is 19.6 Å². The summed E-state index contributed by atoms with van der Waals surface area (Å²) in [6.45, 7) is 8.53. The van der Waals surface area contributed by atoms with Gasteiger partial charge in [0.1, 0.15) is 23.7 Å². The number of nitrogens with zero attached hydrogens (tertiary/aromatic N) is 3. The quantitative estimate of drug-likeness (QED) is 0.107. The molecule has 2 aliphatic rings. The van der Waals surface area contributed by atoms with Gasteiger partial charge in [0, 0.05) is 41.8 Å². The van der Waals surface area contributed by atoms with E-state index in [2.05, 4.69) is 38.8 Å². The molecule has 1 atom stereocenters. The second-order valence-corrected chi connectivity index (χ2v) is 16.2. The number of ether oxygens (including phenoxy) is 1. The molecule has 0 radical (unpaired) electrons. The second-order valence-electron chi connectivity index (χ2n) is 14.5. The molecule has 3 N–H and O–H groups in total. The summed E-state index contributed by atoms with van der Waals surface area (Å²) in [4.78, 5) is 24.8. The Kier molecular flexibility index (Phi) is 8.83. The van der Waals surface area contributed by atoms with Crippen LogP contribution in [0.4, 0.5) is 10.3 Å². The van der Waals surface area contributed by atoms with Crippen LogP contribution in [0.3, 0.4) is 0 Å². The molecule has 3 aromatic heterocycles. The fourth-order valence-corrected chi connectivity index (χ4v) is 7.32. The molecule has 2 fully saturated rings. The summed E-state index contributed by atoms with van der Waals surface area (Å²) in [7, 11) is -4.27. The Hall–Kier alpha value is -4.88. The predicted octanol–water partition coefficient (Wildman–Crippen LogP) is 7.32. The van der Waals surface area contributed by atoms with Crippen molar-refractivity contribution in [3.63, 3.8) is 0 Å². The summed E-state index contributed by atoms with van der Waals surface area (Å²) in [6, 6.07) is 15.6. The van der Waals surface area contributed by atoms with E-state index in [0.29, 0.717) is 16.8 Å². The molecule has 3 heterocycles. The lowest BCUT2D eigenvalue weighted by molar-refractivity contribution is 0.0696. The molecule has 2 aromatic carbocycles. The van der Waals surface area contributed by atoms with Gasteiger partial charge in [-0.15, -0.1) is 0 Å². The first-order valence-electron chi connectivity index (χ1n) is 17.0. The van der Waals surface area contributed by atoms with E-state index in [9.17, 15) is 18.3 Å². The van der Waals surface area contributed by atoms with Crippen LogP contribution in [-0.2, 0) is 22.0 Å². The molecule has 5 aromatic rings. The number of carboxylic acid groups (broad SMARTS) is 1. The van der Waals surface area contributed by atoms with Crippen LogP contribution < -0.4 is 14.8 Å². The zero-order valence-electron chi connectivity index (χ0n) is 28.9. The number of sulfonamides is 1. The molecule has 0 unspecified atom stereocenters. The number of furan rings is 1. The van der Waals surface area contributed by atoms with Crippen molar-refractivity contribution in [1.29, 1.82) is 0 Å². The topological polar surface area (TPSA) is 157 Å². The Bertz CT molecular complexity index is 2240. The summed E-state index contributed by atoms with van der Waals surface area (Å²) in [5, 5.41) is 12.8. The van der Waals surface area contributed by atoms with E-state index < -0.39 is 21.8 Å². The summed E-state index contributed by atoms with van der Waals surface area (Å²) in [5.74, 6) is -0.963. The van der Waals surface area contributed by atoms with E-state index in [1.54, 1.807) is 6.07 Å². The molecule has 11 nitrogen and oxygen atoms in total. The number of hydrogen-bond donors (Lipinski definition) is 3. The molecule has 7 rings (SSSR count). The van der Waals surface area contributed by atoms with Crippen molar-refractivity contribution < 1.29 is 31.9 Å².